The largest absolute Gasteiger partial charge is 0.351 e. The van der Waals surface area contributed by atoms with Gasteiger partial charge in [-0.3, -0.25) is 9.98 Å². The summed E-state index contributed by atoms with van der Waals surface area (Å²) in [4.78, 5) is 12.2. The van der Waals surface area contributed by atoms with Crippen LogP contribution in [0.2, 0.25) is 5.02 Å². The molecule has 0 amide bonds. The van der Waals surface area contributed by atoms with Crippen LogP contribution in [-0.2, 0) is 6.42 Å². The zero-order chi connectivity index (χ0) is 22.8. The maximum atomic E-state index is 6.20. The first-order valence-electron chi connectivity index (χ1n) is 11.3. The molecule has 0 bridgehead atoms. The molecule has 4 rings (SSSR count). The highest BCUT2D eigenvalue weighted by molar-refractivity contribution is 6.30. The van der Waals surface area contributed by atoms with Crippen LogP contribution in [0.3, 0.4) is 0 Å². The Labute approximate surface area is 196 Å². The van der Waals surface area contributed by atoms with Crippen molar-refractivity contribution in [2.24, 2.45) is 4.99 Å². The van der Waals surface area contributed by atoms with E-state index in [2.05, 4.69) is 62.4 Å². The first-order valence-corrected chi connectivity index (χ1v) is 11.6. The lowest BCUT2D eigenvalue weighted by atomic mass is 9.86. The van der Waals surface area contributed by atoms with E-state index in [0.29, 0.717) is 0 Å². The Morgan fingerprint density at radius 1 is 1.16 bits per heavy atom. The fourth-order valence-corrected chi connectivity index (χ4v) is 4.46. The van der Waals surface area contributed by atoms with Crippen molar-refractivity contribution >= 4 is 22.9 Å². The van der Waals surface area contributed by atoms with E-state index >= 15 is 0 Å². The summed E-state index contributed by atoms with van der Waals surface area (Å²) in [5.41, 5.74) is 9.83. The number of hydrogen-bond acceptors (Lipinski definition) is 3. The first kappa shape index (κ1) is 22.3. The summed E-state index contributed by atoms with van der Waals surface area (Å²) >= 11 is 6.20. The van der Waals surface area contributed by atoms with Gasteiger partial charge < -0.3 is 4.90 Å². The number of halogens is 1. The van der Waals surface area contributed by atoms with Crippen molar-refractivity contribution in [2.75, 3.05) is 7.05 Å². The molecular formula is C28H30ClN3. The van der Waals surface area contributed by atoms with Crippen LogP contribution in [0.25, 0.3) is 5.57 Å². The van der Waals surface area contributed by atoms with Gasteiger partial charge in [-0.25, -0.2) is 0 Å². The lowest BCUT2D eigenvalue weighted by Gasteiger charge is -2.28. The highest BCUT2D eigenvalue weighted by atomic mass is 35.5. The number of aromatic nitrogens is 1. The molecule has 1 atom stereocenters. The van der Waals surface area contributed by atoms with E-state index in [-0.39, 0.29) is 6.04 Å². The zero-order valence-electron chi connectivity index (χ0n) is 19.2. The number of allylic oxidation sites excluding steroid dienone is 1. The second kappa shape index (κ2) is 9.30. The molecule has 0 fully saturated rings. The summed E-state index contributed by atoms with van der Waals surface area (Å²) in [5, 5.41) is 0.719. The van der Waals surface area contributed by atoms with Crippen LogP contribution in [0, 0.1) is 0 Å². The number of fused-ring (bicyclic) bond motifs is 3. The van der Waals surface area contributed by atoms with Crippen LogP contribution >= 0.6 is 11.6 Å². The van der Waals surface area contributed by atoms with E-state index in [1.807, 2.05) is 25.4 Å². The van der Waals surface area contributed by atoms with Crippen molar-refractivity contribution in [2.45, 2.75) is 45.6 Å². The van der Waals surface area contributed by atoms with Gasteiger partial charge in [0, 0.05) is 58.1 Å². The summed E-state index contributed by atoms with van der Waals surface area (Å²) in [6.07, 6.45) is 10.1. The minimum Gasteiger partial charge on any atom is -0.351 e. The van der Waals surface area contributed by atoms with E-state index in [1.54, 1.807) is 0 Å². The molecule has 0 N–H and O–H groups in total. The Morgan fingerprint density at radius 2 is 1.91 bits per heavy atom. The van der Waals surface area contributed by atoms with Gasteiger partial charge in [-0.1, -0.05) is 62.7 Å². The van der Waals surface area contributed by atoms with Gasteiger partial charge in [-0.05, 0) is 49.1 Å². The Balaban J connectivity index is 1.97. The summed E-state index contributed by atoms with van der Waals surface area (Å²) in [6.45, 7) is 12.9. The Bertz CT molecular complexity index is 1150. The molecule has 2 aliphatic rings. The quantitative estimate of drug-likeness (QED) is 0.450. The minimum absolute atomic E-state index is 0.0334. The Hall–Kier alpha value is -2.91. The Morgan fingerprint density at radius 3 is 2.59 bits per heavy atom. The Kier molecular flexibility index (Phi) is 6.48. The van der Waals surface area contributed by atoms with Crippen LogP contribution < -0.4 is 0 Å². The van der Waals surface area contributed by atoms with E-state index < -0.39 is 0 Å². The van der Waals surface area contributed by atoms with Crippen molar-refractivity contribution in [1.82, 2.24) is 9.88 Å². The number of likely N-dealkylation sites (N-methyl/N-ethyl adjacent to an activating group) is 1. The van der Waals surface area contributed by atoms with Crippen molar-refractivity contribution in [3.63, 3.8) is 0 Å². The third-order valence-corrected chi connectivity index (χ3v) is 6.38. The average Bonchev–Trinajstić information content (AvgIpc) is 2.90. The summed E-state index contributed by atoms with van der Waals surface area (Å²) in [7, 11) is 2.03. The smallest absolute Gasteiger partial charge is 0.0800 e. The summed E-state index contributed by atoms with van der Waals surface area (Å²) in [5.74, 6) is 0. The molecular weight excluding hydrogens is 414 g/mol. The number of hydrogen-bond donors (Lipinski definition) is 0. The van der Waals surface area contributed by atoms with E-state index in [0.717, 1.165) is 70.1 Å². The van der Waals surface area contributed by atoms with Crippen molar-refractivity contribution in [3.8, 4) is 0 Å². The molecule has 0 spiro atoms. The van der Waals surface area contributed by atoms with Gasteiger partial charge >= 0.3 is 0 Å². The fourth-order valence-electron chi connectivity index (χ4n) is 4.33. The number of rotatable bonds is 6. The van der Waals surface area contributed by atoms with Crippen molar-refractivity contribution < 1.29 is 0 Å². The molecule has 1 aromatic heterocycles. The molecule has 1 aromatic carbocycles. The van der Waals surface area contributed by atoms with Crippen LogP contribution in [0.4, 0.5) is 0 Å². The molecule has 0 saturated carbocycles. The molecule has 0 saturated heterocycles. The van der Waals surface area contributed by atoms with E-state index in [1.165, 1.54) is 11.1 Å². The van der Waals surface area contributed by atoms with Gasteiger partial charge in [0.2, 0.25) is 0 Å². The molecule has 4 heteroatoms. The fraction of sp³-hybridized carbons (Fsp3) is 0.286. The predicted molar refractivity (Wildman–Crippen MR) is 136 cm³/mol. The SMILES string of the molecule is C=C(CCC)CC1N=C(c2ccc(Cl)cc2)c2cc(CC)ncc2C2=CN(C)C(=C)C=C21. The van der Waals surface area contributed by atoms with Crippen LogP contribution in [0.1, 0.15) is 55.5 Å². The number of aliphatic imine (C=N–C) groups is 1. The van der Waals surface area contributed by atoms with Gasteiger partial charge in [-0.15, -0.1) is 0 Å². The van der Waals surface area contributed by atoms with Crippen molar-refractivity contribution in [3.05, 3.63) is 106 Å². The molecule has 3 heterocycles. The number of aryl methyl sites for hydroxylation is 1. The van der Waals surface area contributed by atoms with Gasteiger partial charge in [0.05, 0.1) is 11.8 Å². The summed E-state index contributed by atoms with van der Waals surface area (Å²) in [6, 6.07) is 10.1. The van der Waals surface area contributed by atoms with Crippen LogP contribution in [-0.4, -0.2) is 28.7 Å². The van der Waals surface area contributed by atoms with Gasteiger partial charge in [0.25, 0.3) is 0 Å². The molecule has 0 aliphatic carbocycles. The normalized spacial score (nSPS) is 17.6. The third kappa shape index (κ3) is 4.35. The molecule has 1 unspecified atom stereocenters. The molecule has 32 heavy (non-hydrogen) atoms. The van der Waals surface area contributed by atoms with Gasteiger partial charge in [0.1, 0.15) is 0 Å². The molecule has 2 aliphatic heterocycles. The predicted octanol–water partition coefficient (Wildman–Crippen LogP) is 6.99. The lowest BCUT2D eigenvalue weighted by molar-refractivity contribution is 0.582. The highest BCUT2D eigenvalue weighted by Crippen LogP contribution is 2.40. The van der Waals surface area contributed by atoms with Crippen LogP contribution in [0.15, 0.2) is 83.8 Å². The standard InChI is InChI=1S/C28H30ClN3/c1-6-8-18(3)13-27-23-14-19(4)32(5)17-26(23)25-16-30-22(7-2)15-24(25)28(31-27)20-9-11-21(29)12-10-20/h9-12,14-17,27H,3-4,6-8,13H2,1-2,5H3. The van der Waals surface area contributed by atoms with Crippen molar-refractivity contribution in [1.29, 1.82) is 0 Å². The topological polar surface area (TPSA) is 28.5 Å². The number of pyridine rings is 1. The van der Waals surface area contributed by atoms with Crippen LogP contribution in [0.5, 0.6) is 0 Å². The molecule has 3 nitrogen and oxygen atoms in total. The number of benzene rings is 1. The minimum atomic E-state index is -0.0334. The monoisotopic (exact) mass is 443 g/mol. The lowest BCUT2D eigenvalue weighted by Crippen LogP contribution is -2.19. The molecule has 164 valence electrons. The summed E-state index contributed by atoms with van der Waals surface area (Å²) < 4.78 is 0. The highest BCUT2D eigenvalue weighted by Gasteiger charge is 2.30. The van der Waals surface area contributed by atoms with E-state index in [4.69, 9.17) is 21.6 Å². The second-order valence-electron chi connectivity index (χ2n) is 8.52. The average molecular weight is 444 g/mol. The zero-order valence-corrected chi connectivity index (χ0v) is 19.9. The van der Waals surface area contributed by atoms with Gasteiger partial charge in [-0.2, -0.15) is 0 Å². The number of nitrogens with zero attached hydrogens (tertiary/aromatic N) is 3. The maximum Gasteiger partial charge on any atom is 0.0800 e. The van der Waals surface area contributed by atoms with E-state index in [9.17, 15) is 0 Å². The molecule has 0 radical (unpaired) electrons. The first-order chi connectivity index (χ1) is 15.4. The molecule has 2 aromatic rings. The van der Waals surface area contributed by atoms with Gasteiger partial charge in [0.15, 0.2) is 0 Å². The second-order valence-corrected chi connectivity index (χ2v) is 8.96. The third-order valence-electron chi connectivity index (χ3n) is 6.12. The maximum absolute atomic E-state index is 6.20.